The fourth-order valence-electron chi connectivity index (χ4n) is 2.41. The average molecular weight is 210 g/mol. The van der Waals surface area contributed by atoms with Crippen molar-refractivity contribution in [1.82, 2.24) is 0 Å². The van der Waals surface area contributed by atoms with E-state index < -0.39 is 5.60 Å². The predicted molar refractivity (Wildman–Crippen MR) is 61.6 cm³/mol. The molecule has 1 aliphatic carbocycles. The van der Waals surface area contributed by atoms with E-state index in [1.165, 1.54) is 12.0 Å². The quantitative estimate of drug-likeness (QED) is 0.559. The molecule has 0 saturated carbocycles. The maximum absolute atomic E-state index is 10.3. The van der Waals surface area contributed by atoms with Gasteiger partial charge in [0.25, 0.3) is 0 Å². The molecule has 0 saturated heterocycles. The van der Waals surface area contributed by atoms with E-state index in [2.05, 4.69) is 6.08 Å². The summed E-state index contributed by atoms with van der Waals surface area (Å²) in [6.45, 7) is 3.74. The summed E-state index contributed by atoms with van der Waals surface area (Å²) in [6.07, 6.45) is 9.02. The molecule has 86 valence electrons. The van der Waals surface area contributed by atoms with Gasteiger partial charge in [0.1, 0.15) is 6.29 Å². The summed E-state index contributed by atoms with van der Waals surface area (Å²) in [5.74, 6) is 0.594. The second kappa shape index (κ2) is 5.45. The maximum atomic E-state index is 10.3. The lowest BCUT2D eigenvalue weighted by Gasteiger charge is -2.28. The van der Waals surface area contributed by atoms with Crippen LogP contribution in [0.5, 0.6) is 0 Å². The molecule has 15 heavy (non-hydrogen) atoms. The Morgan fingerprint density at radius 2 is 2.33 bits per heavy atom. The van der Waals surface area contributed by atoms with Gasteiger partial charge in [-0.05, 0) is 51.9 Å². The number of rotatable bonds is 5. The average Bonchev–Trinajstić information content (AvgIpc) is 2.12. The minimum Gasteiger partial charge on any atom is -0.390 e. The molecule has 2 heteroatoms. The van der Waals surface area contributed by atoms with E-state index in [0.29, 0.717) is 12.3 Å². The molecule has 0 aromatic rings. The van der Waals surface area contributed by atoms with Crippen molar-refractivity contribution < 1.29 is 9.90 Å². The van der Waals surface area contributed by atoms with Gasteiger partial charge in [0, 0.05) is 6.42 Å². The van der Waals surface area contributed by atoms with Gasteiger partial charge >= 0.3 is 0 Å². The molecule has 2 nitrogen and oxygen atoms in total. The van der Waals surface area contributed by atoms with Gasteiger partial charge in [0.15, 0.2) is 0 Å². The van der Waals surface area contributed by atoms with E-state index in [1.807, 2.05) is 13.8 Å². The predicted octanol–water partition coefficient (Wildman–Crippen LogP) is 2.85. The van der Waals surface area contributed by atoms with Crippen LogP contribution in [0.25, 0.3) is 0 Å². The van der Waals surface area contributed by atoms with Crippen LogP contribution in [0.3, 0.4) is 0 Å². The zero-order chi connectivity index (χ0) is 11.3. The normalized spacial score (nSPS) is 22.3. The molecule has 0 bridgehead atoms. The van der Waals surface area contributed by atoms with E-state index in [4.69, 9.17) is 0 Å². The third-order valence-corrected chi connectivity index (χ3v) is 2.93. The van der Waals surface area contributed by atoms with Gasteiger partial charge in [-0.25, -0.2) is 0 Å². The van der Waals surface area contributed by atoms with E-state index in [0.717, 1.165) is 32.0 Å². The summed E-state index contributed by atoms with van der Waals surface area (Å²) < 4.78 is 0. The molecule has 1 aliphatic rings. The molecular formula is C13H22O2. The molecule has 0 amide bonds. The van der Waals surface area contributed by atoms with Gasteiger partial charge in [0.2, 0.25) is 0 Å². The Balaban J connectivity index is 2.39. The van der Waals surface area contributed by atoms with Crippen LogP contribution >= 0.6 is 0 Å². The number of allylic oxidation sites excluding steroid dienone is 2. The van der Waals surface area contributed by atoms with Crippen molar-refractivity contribution in [2.24, 2.45) is 5.92 Å². The molecule has 0 aromatic heterocycles. The van der Waals surface area contributed by atoms with Crippen LogP contribution in [0, 0.1) is 5.92 Å². The van der Waals surface area contributed by atoms with Crippen molar-refractivity contribution in [2.45, 2.75) is 58.0 Å². The first-order chi connectivity index (χ1) is 7.01. The molecule has 0 aliphatic heterocycles. The Labute approximate surface area is 92.4 Å². The number of aliphatic hydroxyl groups is 1. The molecule has 0 heterocycles. The van der Waals surface area contributed by atoms with Gasteiger partial charge in [-0.2, -0.15) is 0 Å². The molecule has 1 atom stereocenters. The largest absolute Gasteiger partial charge is 0.390 e. The van der Waals surface area contributed by atoms with Crippen LogP contribution in [0.4, 0.5) is 0 Å². The monoisotopic (exact) mass is 210 g/mol. The third kappa shape index (κ3) is 5.12. The number of hydrogen-bond acceptors (Lipinski definition) is 2. The van der Waals surface area contributed by atoms with E-state index in [1.54, 1.807) is 0 Å². The maximum Gasteiger partial charge on any atom is 0.120 e. The van der Waals surface area contributed by atoms with E-state index in [9.17, 15) is 9.90 Å². The SMILES string of the molecule is CC(C)(O)CC1CCC=C(CCC=O)C1. The molecular weight excluding hydrogens is 188 g/mol. The fraction of sp³-hybridized carbons (Fsp3) is 0.769. The lowest BCUT2D eigenvalue weighted by molar-refractivity contribution is -0.107. The van der Waals surface area contributed by atoms with Gasteiger partial charge in [0.05, 0.1) is 5.60 Å². The van der Waals surface area contributed by atoms with Crippen LogP contribution in [0.1, 0.15) is 52.4 Å². The summed E-state index contributed by atoms with van der Waals surface area (Å²) in [7, 11) is 0. The first kappa shape index (κ1) is 12.4. The summed E-state index contributed by atoms with van der Waals surface area (Å²) in [5.41, 5.74) is 0.847. The first-order valence-corrected chi connectivity index (χ1v) is 5.85. The topological polar surface area (TPSA) is 37.3 Å². The molecule has 0 spiro atoms. The second-order valence-corrected chi connectivity index (χ2v) is 5.23. The Kier molecular flexibility index (Phi) is 4.52. The van der Waals surface area contributed by atoms with Crippen LogP contribution < -0.4 is 0 Å². The van der Waals surface area contributed by atoms with Crippen molar-refractivity contribution in [1.29, 1.82) is 0 Å². The lowest BCUT2D eigenvalue weighted by Crippen LogP contribution is -2.24. The molecule has 1 unspecified atom stereocenters. The highest BCUT2D eigenvalue weighted by Gasteiger charge is 2.22. The summed E-state index contributed by atoms with van der Waals surface area (Å²) >= 11 is 0. The first-order valence-electron chi connectivity index (χ1n) is 5.85. The minimum atomic E-state index is -0.558. The van der Waals surface area contributed by atoms with Gasteiger partial charge in [-0.3, -0.25) is 0 Å². The molecule has 0 radical (unpaired) electrons. The summed E-state index contributed by atoms with van der Waals surface area (Å²) in [6, 6.07) is 0. The van der Waals surface area contributed by atoms with Crippen LogP contribution in [-0.2, 0) is 4.79 Å². The summed E-state index contributed by atoms with van der Waals surface area (Å²) in [5, 5.41) is 9.76. The van der Waals surface area contributed by atoms with Crippen LogP contribution in [0.2, 0.25) is 0 Å². The second-order valence-electron chi connectivity index (χ2n) is 5.23. The number of carbonyl (C=O) groups excluding carboxylic acids is 1. The third-order valence-electron chi connectivity index (χ3n) is 2.93. The Morgan fingerprint density at radius 1 is 1.60 bits per heavy atom. The van der Waals surface area contributed by atoms with Gasteiger partial charge < -0.3 is 9.90 Å². The standard InChI is InChI=1S/C13H22O2/c1-13(2,15)10-12-6-3-5-11(9-12)7-4-8-14/h5,8,12,15H,3-4,6-7,9-10H2,1-2H3. The smallest absolute Gasteiger partial charge is 0.120 e. The zero-order valence-electron chi connectivity index (χ0n) is 9.83. The van der Waals surface area contributed by atoms with Gasteiger partial charge in [-0.15, -0.1) is 0 Å². The highest BCUT2D eigenvalue weighted by atomic mass is 16.3. The zero-order valence-corrected chi connectivity index (χ0v) is 9.83. The van der Waals surface area contributed by atoms with Crippen molar-refractivity contribution in [3.05, 3.63) is 11.6 Å². The summed E-state index contributed by atoms with van der Waals surface area (Å²) in [4.78, 5) is 10.3. The Morgan fingerprint density at radius 3 is 2.93 bits per heavy atom. The fourth-order valence-corrected chi connectivity index (χ4v) is 2.41. The minimum absolute atomic E-state index is 0.558. The van der Waals surface area contributed by atoms with Crippen molar-refractivity contribution in [3.63, 3.8) is 0 Å². The Hall–Kier alpha value is -0.630. The number of aldehydes is 1. The van der Waals surface area contributed by atoms with Gasteiger partial charge in [-0.1, -0.05) is 11.6 Å². The van der Waals surface area contributed by atoms with Crippen LogP contribution in [0.15, 0.2) is 11.6 Å². The molecule has 1 N–H and O–H groups in total. The van der Waals surface area contributed by atoms with E-state index >= 15 is 0 Å². The number of carbonyl (C=O) groups is 1. The molecule has 0 aromatic carbocycles. The van der Waals surface area contributed by atoms with E-state index in [-0.39, 0.29) is 0 Å². The Bertz CT molecular complexity index is 235. The highest BCUT2D eigenvalue weighted by molar-refractivity contribution is 5.49. The van der Waals surface area contributed by atoms with Crippen molar-refractivity contribution >= 4 is 6.29 Å². The van der Waals surface area contributed by atoms with Crippen molar-refractivity contribution in [2.75, 3.05) is 0 Å². The highest BCUT2D eigenvalue weighted by Crippen LogP contribution is 2.32. The van der Waals surface area contributed by atoms with Crippen LogP contribution in [-0.4, -0.2) is 17.0 Å². The lowest BCUT2D eigenvalue weighted by atomic mass is 9.81. The molecule has 1 rings (SSSR count). The van der Waals surface area contributed by atoms with Crippen molar-refractivity contribution in [3.8, 4) is 0 Å². The number of hydrogen-bond donors (Lipinski definition) is 1. The molecule has 0 fully saturated rings.